The number of likely N-dealkylation sites (tertiary alicyclic amines) is 2. The van der Waals surface area contributed by atoms with Crippen LogP contribution in [-0.4, -0.2) is 77.6 Å². The summed E-state index contributed by atoms with van der Waals surface area (Å²) < 4.78 is 46.2. The lowest BCUT2D eigenvalue weighted by Crippen LogP contribution is -2.66. The summed E-state index contributed by atoms with van der Waals surface area (Å²) in [5, 5.41) is 0. The van der Waals surface area contributed by atoms with E-state index in [1.807, 2.05) is 60.7 Å². The number of halogens is 3. The molecule has 3 aliphatic heterocycles. The van der Waals surface area contributed by atoms with E-state index in [1.54, 1.807) is 0 Å². The second kappa shape index (κ2) is 9.36. The van der Waals surface area contributed by atoms with Gasteiger partial charge in [-0.05, 0) is 30.4 Å². The minimum Gasteiger partial charge on any atom is -0.447 e. The van der Waals surface area contributed by atoms with Gasteiger partial charge in [0.05, 0.1) is 12.0 Å². The highest BCUT2D eigenvalue weighted by Gasteiger charge is 2.71. The molecule has 2 unspecified atom stereocenters. The molecule has 4 fully saturated rings. The molecule has 4 aliphatic rings. The van der Waals surface area contributed by atoms with Crippen molar-refractivity contribution in [3.8, 4) is 0 Å². The molecule has 3 heterocycles. The van der Waals surface area contributed by atoms with E-state index in [0.29, 0.717) is 26.1 Å². The predicted octanol–water partition coefficient (Wildman–Crippen LogP) is 3.88. The summed E-state index contributed by atoms with van der Waals surface area (Å²) in [6.07, 6.45) is -5.21. The molecular formula is C29H30F3N3O4. The number of hydrogen-bond acceptors (Lipinski definition) is 5. The van der Waals surface area contributed by atoms with Gasteiger partial charge in [0.25, 0.3) is 0 Å². The molecule has 1 saturated carbocycles. The quantitative estimate of drug-likeness (QED) is 0.555. The fraction of sp³-hybridized carbons (Fsp3) is 0.483. The monoisotopic (exact) mass is 541 g/mol. The number of cyclic esters (lactones) is 1. The van der Waals surface area contributed by atoms with Gasteiger partial charge in [0.2, 0.25) is 11.8 Å². The molecule has 3 amide bonds. The van der Waals surface area contributed by atoms with E-state index in [-0.39, 0.29) is 38.4 Å². The largest absolute Gasteiger partial charge is 0.447 e. The van der Waals surface area contributed by atoms with Crippen LogP contribution < -0.4 is 0 Å². The summed E-state index contributed by atoms with van der Waals surface area (Å²) in [4.78, 5) is 44.3. The molecule has 0 radical (unpaired) electrons. The first-order chi connectivity index (χ1) is 18.6. The Balaban J connectivity index is 1.23. The number of carbonyl (C=O) groups is 3. The van der Waals surface area contributed by atoms with Crippen LogP contribution in [0.4, 0.5) is 18.0 Å². The van der Waals surface area contributed by atoms with Crippen LogP contribution in [0.5, 0.6) is 0 Å². The molecular weight excluding hydrogens is 511 g/mol. The lowest BCUT2D eigenvalue weighted by Gasteiger charge is -2.52. The maximum absolute atomic E-state index is 14.0. The number of benzene rings is 2. The number of nitrogens with zero attached hydrogens (tertiary/aromatic N) is 3. The fourth-order valence-corrected chi connectivity index (χ4v) is 6.53. The summed E-state index contributed by atoms with van der Waals surface area (Å²) in [6, 6.07) is 18.8. The van der Waals surface area contributed by atoms with Crippen LogP contribution in [0.1, 0.15) is 24.0 Å². The molecule has 0 aromatic heterocycles. The zero-order valence-corrected chi connectivity index (χ0v) is 21.4. The highest BCUT2D eigenvalue weighted by Crippen LogP contribution is 2.60. The van der Waals surface area contributed by atoms with Crippen LogP contribution in [-0.2, 0) is 27.3 Å². The Labute approximate surface area is 224 Å². The van der Waals surface area contributed by atoms with Crippen LogP contribution in [0, 0.1) is 16.7 Å². The Morgan fingerprint density at radius 3 is 2.13 bits per heavy atom. The fourth-order valence-electron chi connectivity index (χ4n) is 6.53. The van der Waals surface area contributed by atoms with E-state index >= 15 is 0 Å². The Kier molecular flexibility index (Phi) is 6.21. The number of alkyl halides is 3. The van der Waals surface area contributed by atoms with Gasteiger partial charge in [0.15, 0.2) is 0 Å². The SMILES string of the molecule is O=C1OCC(Cc2ccccc2)N1C(=O)C1CN(Cc2ccccc2)CC12CN(C(=O)C1(C(F)(F)F)CC1)C2. The van der Waals surface area contributed by atoms with Crippen LogP contribution in [0.3, 0.4) is 0 Å². The highest BCUT2D eigenvalue weighted by atomic mass is 19.4. The number of ether oxygens (including phenoxy) is 1. The molecule has 3 saturated heterocycles. The second-order valence-electron chi connectivity index (χ2n) is 11.4. The number of hydrogen-bond donors (Lipinski definition) is 0. The van der Waals surface area contributed by atoms with Crippen molar-refractivity contribution in [1.29, 1.82) is 0 Å². The Bertz CT molecular complexity index is 1260. The Morgan fingerprint density at radius 2 is 1.54 bits per heavy atom. The molecule has 1 spiro atoms. The van der Waals surface area contributed by atoms with Crippen LogP contribution in [0.15, 0.2) is 60.7 Å². The first kappa shape index (κ1) is 25.9. The lowest BCUT2D eigenvalue weighted by atomic mass is 9.70. The van der Waals surface area contributed by atoms with Gasteiger partial charge < -0.3 is 9.64 Å². The van der Waals surface area contributed by atoms with Crippen molar-refractivity contribution >= 4 is 17.9 Å². The summed E-state index contributed by atoms with van der Waals surface area (Å²) in [6.45, 7) is 1.58. The minimum absolute atomic E-state index is 0.0671. The topological polar surface area (TPSA) is 70.2 Å². The maximum atomic E-state index is 14.0. The molecule has 6 rings (SSSR count). The maximum Gasteiger partial charge on any atom is 0.416 e. The third-order valence-electron chi connectivity index (χ3n) is 8.78. The smallest absolute Gasteiger partial charge is 0.416 e. The molecule has 0 N–H and O–H groups in total. The van der Waals surface area contributed by atoms with Gasteiger partial charge in [-0.3, -0.25) is 14.5 Å². The van der Waals surface area contributed by atoms with E-state index in [0.717, 1.165) is 11.1 Å². The molecule has 10 heteroatoms. The van der Waals surface area contributed by atoms with E-state index in [9.17, 15) is 27.6 Å². The zero-order valence-electron chi connectivity index (χ0n) is 21.4. The molecule has 0 bridgehead atoms. The summed E-state index contributed by atoms with van der Waals surface area (Å²) in [5.41, 5.74) is -0.989. The van der Waals surface area contributed by atoms with E-state index < -0.39 is 41.0 Å². The van der Waals surface area contributed by atoms with E-state index in [1.165, 1.54) is 9.80 Å². The van der Waals surface area contributed by atoms with E-state index in [4.69, 9.17) is 4.74 Å². The second-order valence-corrected chi connectivity index (χ2v) is 11.4. The van der Waals surface area contributed by atoms with Gasteiger partial charge in [-0.1, -0.05) is 60.7 Å². The van der Waals surface area contributed by atoms with Crippen molar-refractivity contribution in [2.75, 3.05) is 32.8 Å². The first-order valence-electron chi connectivity index (χ1n) is 13.3. The average Bonchev–Trinajstić information content (AvgIpc) is 3.53. The third kappa shape index (κ3) is 4.48. The number of carbonyl (C=O) groups excluding carboxylic acids is 3. The summed E-state index contributed by atoms with van der Waals surface area (Å²) in [7, 11) is 0. The minimum atomic E-state index is -4.58. The summed E-state index contributed by atoms with van der Waals surface area (Å²) in [5.74, 6) is -1.91. The van der Waals surface area contributed by atoms with Crippen LogP contribution in [0.25, 0.3) is 0 Å². The van der Waals surface area contributed by atoms with Gasteiger partial charge in [0.1, 0.15) is 12.0 Å². The molecule has 2 atom stereocenters. The van der Waals surface area contributed by atoms with E-state index in [2.05, 4.69) is 4.90 Å². The average molecular weight is 542 g/mol. The number of imide groups is 1. The zero-order chi connectivity index (χ0) is 27.4. The van der Waals surface area contributed by atoms with Crippen LogP contribution in [0.2, 0.25) is 0 Å². The lowest BCUT2D eigenvalue weighted by molar-refractivity contribution is -0.205. The van der Waals surface area contributed by atoms with Gasteiger partial charge in [-0.15, -0.1) is 0 Å². The Hall–Kier alpha value is -3.40. The van der Waals surface area contributed by atoms with Crippen LogP contribution >= 0.6 is 0 Å². The first-order valence-corrected chi connectivity index (χ1v) is 13.3. The number of rotatable bonds is 6. The molecule has 1 aliphatic carbocycles. The standard InChI is InChI=1S/C29H30F3N3O4/c30-29(31,32)28(11-12-28)25(37)34-18-27(19-34)17-33(14-21-9-5-2-6-10-21)15-23(27)24(36)35-22(16-39-26(35)38)13-20-7-3-1-4-8-20/h1-10,22-23H,11-19H2. The molecule has 2 aromatic carbocycles. The normalized spacial score (nSPS) is 25.5. The van der Waals surface area contributed by atoms with Gasteiger partial charge >= 0.3 is 12.3 Å². The summed E-state index contributed by atoms with van der Waals surface area (Å²) >= 11 is 0. The van der Waals surface area contributed by atoms with Crippen molar-refractivity contribution in [3.63, 3.8) is 0 Å². The molecule has 7 nitrogen and oxygen atoms in total. The van der Waals surface area contributed by atoms with Gasteiger partial charge in [-0.2, -0.15) is 13.2 Å². The van der Waals surface area contributed by atoms with Crippen molar-refractivity contribution in [2.24, 2.45) is 16.7 Å². The highest BCUT2D eigenvalue weighted by molar-refractivity contribution is 5.96. The molecule has 2 aromatic rings. The van der Waals surface area contributed by atoms with Gasteiger partial charge in [0, 0.05) is 38.1 Å². The Morgan fingerprint density at radius 1 is 0.923 bits per heavy atom. The number of amides is 3. The van der Waals surface area contributed by atoms with Crippen molar-refractivity contribution < 1.29 is 32.3 Å². The predicted molar refractivity (Wildman–Crippen MR) is 134 cm³/mol. The van der Waals surface area contributed by atoms with Gasteiger partial charge in [-0.25, -0.2) is 9.69 Å². The van der Waals surface area contributed by atoms with Crippen molar-refractivity contribution in [1.82, 2.24) is 14.7 Å². The molecule has 39 heavy (non-hydrogen) atoms. The van der Waals surface area contributed by atoms with Crippen molar-refractivity contribution in [2.45, 2.75) is 38.0 Å². The third-order valence-corrected chi connectivity index (χ3v) is 8.78. The molecule has 206 valence electrons. The van der Waals surface area contributed by atoms with Crippen molar-refractivity contribution in [3.05, 3.63) is 71.8 Å².